The zero-order valence-electron chi connectivity index (χ0n) is 11.3. The van der Waals surface area contributed by atoms with E-state index in [0.29, 0.717) is 22.0 Å². The van der Waals surface area contributed by atoms with Gasteiger partial charge >= 0.3 is 0 Å². The van der Waals surface area contributed by atoms with Crippen LogP contribution in [0, 0.1) is 0 Å². The predicted octanol–water partition coefficient (Wildman–Crippen LogP) is 4.49. The lowest BCUT2D eigenvalue weighted by Gasteiger charge is -2.18. The second kappa shape index (κ2) is 5.24. The first-order valence-electron chi connectivity index (χ1n) is 7.16. The van der Waals surface area contributed by atoms with E-state index in [1.54, 1.807) is 0 Å². The molecule has 0 amide bonds. The second-order valence-electron chi connectivity index (χ2n) is 5.62. The molecule has 0 N–H and O–H groups in total. The van der Waals surface area contributed by atoms with E-state index >= 15 is 0 Å². The Balaban J connectivity index is 1.73. The molecule has 2 saturated heterocycles. The minimum Gasteiger partial charge on any atom is -0.374 e. The van der Waals surface area contributed by atoms with Crippen molar-refractivity contribution in [3.8, 4) is 11.1 Å². The maximum Gasteiger partial charge on any atom is 0.142 e. The normalized spacial score (nSPS) is 27.2. The molecule has 3 nitrogen and oxygen atoms in total. The highest BCUT2D eigenvalue weighted by atomic mass is 35.5. The summed E-state index contributed by atoms with van der Waals surface area (Å²) in [5.74, 6) is 0.945. The lowest BCUT2D eigenvalue weighted by atomic mass is 9.88. The maximum absolute atomic E-state index is 6.37. The van der Waals surface area contributed by atoms with Crippen LogP contribution in [0.4, 0.5) is 0 Å². The summed E-state index contributed by atoms with van der Waals surface area (Å²) in [5, 5.41) is 0.831. The highest BCUT2D eigenvalue weighted by Gasteiger charge is 2.43. The predicted molar refractivity (Wildman–Crippen MR) is 82.7 cm³/mol. The van der Waals surface area contributed by atoms with Crippen molar-refractivity contribution in [2.45, 2.75) is 37.4 Å². The number of hydrogen-bond acceptors (Lipinski definition) is 3. The van der Waals surface area contributed by atoms with E-state index in [0.717, 1.165) is 30.7 Å². The number of rotatable bonds is 2. The topological polar surface area (TPSA) is 35.0 Å². The molecule has 0 radical (unpaired) electrons. The lowest BCUT2D eigenvalue weighted by Crippen LogP contribution is -2.17. The van der Waals surface area contributed by atoms with Crippen LogP contribution in [0.2, 0.25) is 10.3 Å². The molecule has 2 aliphatic rings. The number of nitrogens with zero attached hydrogens (tertiary/aromatic N) is 2. The molecule has 2 aliphatic heterocycles. The fourth-order valence-electron chi connectivity index (χ4n) is 3.34. The van der Waals surface area contributed by atoms with Gasteiger partial charge in [0.25, 0.3) is 0 Å². The van der Waals surface area contributed by atoms with Crippen LogP contribution >= 0.6 is 23.2 Å². The van der Waals surface area contributed by atoms with E-state index < -0.39 is 0 Å². The van der Waals surface area contributed by atoms with Crippen molar-refractivity contribution in [1.29, 1.82) is 0 Å². The molecule has 0 aliphatic carbocycles. The number of benzene rings is 1. The molecule has 1 aromatic carbocycles. The zero-order chi connectivity index (χ0) is 14.4. The molecule has 3 atom stereocenters. The maximum atomic E-state index is 6.37. The molecule has 4 rings (SSSR count). The van der Waals surface area contributed by atoms with Gasteiger partial charge in [-0.15, -0.1) is 0 Å². The van der Waals surface area contributed by atoms with Crippen molar-refractivity contribution in [3.63, 3.8) is 0 Å². The Kier molecular flexibility index (Phi) is 3.37. The van der Waals surface area contributed by atoms with E-state index in [4.69, 9.17) is 27.9 Å². The summed E-state index contributed by atoms with van der Waals surface area (Å²) in [7, 11) is 0. The number of fused-ring (bicyclic) bond motifs is 2. The van der Waals surface area contributed by atoms with E-state index in [9.17, 15) is 0 Å². The smallest absolute Gasteiger partial charge is 0.142 e. The number of halogens is 2. The minimum absolute atomic E-state index is 0.226. The summed E-state index contributed by atoms with van der Waals surface area (Å²) >= 11 is 12.7. The first-order chi connectivity index (χ1) is 10.2. The molecule has 21 heavy (non-hydrogen) atoms. The van der Waals surface area contributed by atoms with Gasteiger partial charge in [-0.1, -0.05) is 53.5 Å². The SMILES string of the molecule is Clc1nc(C2CC3CCC2O3)nc(Cl)c1-c1ccccc1. The summed E-state index contributed by atoms with van der Waals surface area (Å²) in [6.45, 7) is 0. The van der Waals surface area contributed by atoms with Crippen LogP contribution in [0.1, 0.15) is 31.0 Å². The van der Waals surface area contributed by atoms with Crippen LogP contribution in [0.3, 0.4) is 0 Å². The van der Waals surface area contributed by atoms with E-state index in [1.165, 1.54) is 0 Å². The molecule has 5 heteroatoms. The Morgan fingerprint density at radius 2 is 1.71 bits per heavy atom. The van der Waals surface area contributed by atoms with Crippen molar-refractivity contribution < 1.29 is 4.74 Å². The van der Waals surface area contributed by atoms with Crippen molar-refractivity contribution in [1.82, 2.24) is 9.97 Å². The summed E-state index contributed by atoms with van der Waals surface area (Å²) < 4.78 is 5.87. The molecule has 2 fully saturated rings. The fraction of sp³-hybridized carbons (Fsp3) is 0.375. The summed E-state index contributed by atoms with van der Waals surface area (Å²) in [6, 6.07) is 9.75. The molecular formula is C16H14Cl2N2O. The van der Waals surface area contributed by atoms with Crippen LogP contribution in [-0.4, -0.2) is 22.2 Å². The quantitative estimate of drug-likeness (QED) is 0.765. The average molecular weight is 321 g/mol. The van der Waals surface area contributed by atoms with Gasteiger partial charge in [0.1, 0.15) is 16.1 Å². The average Bonchev–Trinajstić information content (AvgIpc) is 3.10. The van der Waals surface area contributed by atoms with E-state index in [-0.39, 0.29) is 12.0 Å². The molecule has 3 unspecified atom stereocenters. The number of ether oxygens (including phenoxy) is 1. The third kappa shape index (κ3) is 2.33. The van der Waals surface area contributed by atoms with E-state index in [2.05, 4.69) is 9.97 Å². The van der Waals surface area contributed by atoms with Gasteiger partial charge in [-0.2, -0.15) is 0 Å². The van der Waals surface area contributed by atoms with Crippen molar-refractivity contribution in [2.24, 2.45) is 0 Å². The van der Waals surface area contributed by atoms with Gasteiger partial charge in [0.05, 0.1) is 17.8 Å². The Bertz CT molecular complexity index is 654. The van der Waals surface area contributed by atoms with Gasteiger partial charge in [0, 0.05) is 5.92 Å². The fourth-order valence-corrected chi connectivity index (χ4v) is 3.96. The number of hydrogen-bond donors (Lipinski definition) is 0. The first kappa shape index (κ1) is 13.5. The number of aromatic nitrogens is 2. The zero-order valence-corrected chi connectivity index (χ0v) is 12.8. The largest absolute Gasteiger partial charge is 0.374 e. The van der Waals surface area contributed by atoms with Crippen molar-refractivity contribution in [2.75, 3.05) is 0 Å². The summed E-state index contributed by atoms with van der Waals surface area (Å²) in [5.41, 5.74) is 1.63. The molecule has 1 aromatic heterocycles. The third-order valence-corrected chi connectivity index (χ3v) is 4.89. The Labute approximate surface area is 133 Å². The summed E-state index contributed by atoms with van der Waals surface area (Å²) in [6.07, 6.45) is 3.78. The van der Waals surface area contributed by atoms with Gasteiger partial charge in [-0.25, -0.2) is 9.97 Å². The molecule has 2 bridgehead atoms. The molecule has 3 heterocycles. The summed E-state index contributed by atoms with van der Waals surface area (Å²) in [4.78, 5) is 9.00. The minimum atomic E-state index is 0.226. The Hall–Kier alpha value is -1.16. The van der Waals surface area contributed by atoms with Gasteiger partial charge in [-0.05, 0) is 24.8 Å². The highest BCUT2D eigenvalue weighted by molar-refractivity contribution is 6.37. The van der Waals surface area contributed by atoms with Crippen molar-refractivity contribution in [3.05, 3.63) is 46.5 Å². The van der Waals surface area contributed by atoms with Gasteiger partial charge in [0.15, 0.2) is 0 Å². The highest BCUT2D eigenvalue weighted by Crippen LogP contribution is 2.44. The van der Waals surface area contributed by atoms with Gasteiger partial charge in [-0.3, -0.25) is 0 Å². The molecule has 0 spiro atoms. The van der Waals surface area contributed by atoms with Gasteiger partial charge in [0.2, 0.25) is 0 Å². The van der Waals surface area contributed by atoms with Crippen LogP contribution in [0.15, 0.2) is 30.3 Å². The lowest BCUT2D eigenvalue weighted by molar-refractivity contribution is 0.0999. The van der Waals surface area contributed by atoms with Crippen LogP contribution < -0.4 is 0 Å². The van der Waals surface area contributed by atoms with Crippen LogP contribution in [0.5, 0.6) is 0 Å². The first-order valence-corrected chi connectivity index (χ1v) is 7.92. The Morgan fingerprint density at radius 1 is 1.00 bits per heavy atom. The molecule has 108 valence electrons. The van der Waals surface area contributed by atoms with E-state index in [1.807, 2.05) is 30.3 Å². The van der Waals surface area contributed by atoms with Crippen LogP contribution in [-0.2, 0) is 4.74 Å². The third-order valence-electron chi connectivity index (χ3n) is 4.34. The van der Waals surface area contributed by atoms with Gasteiger partial charge < -0.3 is 4.74 Å². The van der Waals surface area contributed by atoms with Crippen molar-refractivity contribution >= 4 is 23.2 Å². The monoisotopic (exact) mass is 320 g/mol. The van der Waals surface area contributed by atoms with Crippen LogP contribution in [0.25, 0.3) is 11.1 Å². The molecule has 0 saturated carbocycles. The molecule has 2 aromatic rings. The molecular weight excluding hydrogens is 307 g/mol. The Morgan fingerprint density at radius 3 is 2.29 bits per heavy atom. The second-order valence-corrected chi connectivity index (χ2v) is 6.34. The standard InChI is InChI=1S/C16H14Cl2N2O/c17-14-13(9-4-2-1-3-5-9)15(18)20-16(19-14)11-8-10-6-7-12(11)21-10/h1-5,10-12H,6-8H2.